The second-order valence-corrected chi connectivity index (χ2v) is 4.90. The third-order valence-corrected chi connectivity index (χ3v) is 3.70. The number of nitrogens with zero attached hydrogens (tertiary/aromatic N) is 1. The van der Waals surface area contributed by atoms with Gasteiger partial charge in [-0.2, -0.15) is 0 Å². The van der Waals surface area contributed by atoms with E-state index in [1.54, 1.807) is 6.26 Å². The van der Waals surface area contributed by atoms with Gasteiger partial charge in [0.15, 0.2) is 0 Å². The van der Waals surface area contributed by atoms with Crippen LogP contribution in [0.15, 0.2) is 59.5 Å². The highest BCUT2D eigenvalue weighted by atomic mass is 16.3. The molecular weight excluding hydrogens is 248 g/mol. The van der Waals surface area contributed by atoms with Crippen molar-refractivity contribution in [2.45, 2.75) is 18.9 Å². The predicted octanol–water partition coefficient (Wildman–Crippen LogP) is 3.72. The Morgan fingerprint density at radius 3 is 2.95 bits per heavy atom. The number of fused-ring (bicyclic) bond motifs is 1. The Hall–Kier alpha value is -2.13. The van der Waals surface area contributed by atoms with E-state index in [1.165, 1.54) is 16.3 Å². The number of rotatable bonds is 5. The molecule has 0 saturated carbocycles. The normalized spacial score (nSPS) is 12.7. The van der Waals surface area contributed by atoms with Crippen LogP contribution in [-0.4, -0.2) is 12.0 Å². The van der Waals surface area contributed by atoms with Gasteiger partial charge in [0.25, 0.3) is 0 Å². The van der Waals surface area contributed by atoms with E-state index < -0.39 is 0 Å². The average molecular weight is 266 g/mol. The Bertz CT molecular complexity index is 671. The molecule has 1 N–H and O–H groups in total. The summed E-state index contributed by atoms with van der Waals surface area (Å²) >= 11 is 0. The molecule has 0 amide bonds. The minimum absolute atomic E-state index is 0.311. The molecule has 0 radical (unpaired) electrons. The molecule has 2 aromatic heterocycles. The summed E-state index contributed by atoms with van der Waals surface area (Å²) in [4.78, 5) is 4.19. The van der Waals surface area contributed by atoms with Crippen molar-refractivity contribution in [2.75, 3.05) is 7.05 Å². The Labute approximate surface area is 118 Å². The molecule has 0 aliphatic rings. The van der Waals surface area contributed by atoms with E-state index in [2.05, 4.69) is 34.6 Å². The van der Waals surface area contributed by atoms with Crippen LogP contribution in [0.5, 0.6) is 0 Å². The lowest BCUT2D eigenvalue weighted by Crippen LogP contribution is -2.17. The molecule has 0 bridgehead atoms. The Balaban J connectivity index is 1.87. The van der Waals surface area contributed by atoms with Gasteiger partial charge >= 0.3 is 0 Å². The second kappa shape index (κ2) is 5.88. The molecule has 0 saturated heterocycles. The molecule has 0 aliphatic carbocycles. The lowest BCUT2D eigenvalue weighted by molar-refractivity contribution is 0.470. The SMILES string of the molecule is CNC(CCc1ccco1)c1cccc2cnccc12. The summed E-state index contributed by atoms with van der Waals surface area (Å²) in [5.41, 5.74) is 1.32. The van der Waals surface area contributed by atoms with Crippen LogP contribution in [-0.2, 0) is 6.42 Å². The molecule has 0 aliphatic heterocycles. The van der Waals surface area contributed by atoms with Crippen molar-refractivity contribution in [1.82, 2.24) is 10.3 Å². The highest BCUT2D eigenvalue weighted by Crippen LogP contribution is 2.26. The van der Waals surface area contributed by atoms with Crippen molar-refractivity contribution >= 4 is 10.8 Å². The second-order valence-electron chi connectivity index (χ2n) is 4.90. The largest absolute Gasteiger partial charge is 0.469 e. The quantitative estimate of drug-likeness (QED) is 0.764. The van der Waals surface area contributed by atoms with Crippen molar-refractivity contribution in [3.63, 3.8) is 0 Å². The number of furan rings is 1. The maximum Gasteiger partial charge on any atom is 0.103 e. The van der Waals surface area contributed by atoms with Gasteiger partial charge in [-0.15, -0.1) is 0 Å². The summed E-state index contributed by atoms with van der Waals surface area (Å²) in [6.07, 6.45) is 7.43. The fraction of sp³-hybridized carbons (Fsp3) is 0.235. The standard InChI is InChI=1S/C17H18N2O/c1-18-17(8-7-14-5-3-11-20-14)16-6-2-4-13-12-19-10-9-15(13)16/h2-6,9-12,17-18H,7-8H2,1H3. The molecule has 3 heteroatoms. The van der Waals surface area contributed by atoms with Crippen LogP contribution in [0.3, 0.4) is 0 Å². The van der Waals surface area contributed by atoms with Crippen molar-refractivity contribution in [3.05, 3.63) is 66.4 Å². The van der Waals surface area contributed by atoms with Crippen molar-refractivity contribution in [1.29, 1.82) is 0 Å². The molecule has 3 nitrogen and oxygen atoms in total. The van der Waals surface area contributed by atoms with E-state index in [0.29, 0.717) is 6.04 Å². The molecule has 0 spiro atoms. The molecule has 3 aromatic rings. The highest BCUT2D eigenvalue weighted by molar-refractivity contribution is 5.85. The molecule has 1 atom stereocenters. The summed E-state index contributed by atoms with van der Waals surface area (Å²) in [5.74, 6) is 1.03. The van der Waals surface area contributed by atoms with Crippen LogP contribution < -0.4 is 5.32 Å². The Morgan fingerprint density at radius 2 is 2.15 bits per heavy atom. The van der Waals surface area contributed by atoms with Crippen molar-refractivity contribution < 1.29 is 4.42 Å². The number of aromatic nitrogens is 1. The molecule has 102 valence electrons. The van der Waals surface area contributed by atoms with E-state index in [1.807, 2.05) is 31.6 Å². The predicted molar refractivity (Wildman–Crippen MR) is 80.6 cm³/mol. The molecule has 1 unspecified atom stereocenters. The number of nitrogens with one attached hydrogen (secondary N) is 1. The van der Waals surface area contributed by atoms with E-state index in [0.717, 1.165) is 18.6 Å². The van der Waals surface area contributed by atoms with Gasteiger partial charge in [0.1, 0.15) is 5.76 Å². The number of hydrogen-bond donors (Lipinski definition) is 1. The fourth-order valence-electron chi connectivity index (χ4n) is 2.65. The first-order valence-electron chi connectivity index (χ1n) is 6.91. The van der Waals surface area contributed by atoms with Gasteiger partial charge in [-0.3, -0.25) is 4.98 Å². The molecule has 1 aromatic carbocycles. The van der Waals surface area contributed by atoms with Crippen LogP contribution >= 0.6 is 0 Å². The lowest BCUT2D eigenvalue weighted by Gasteiger charge is -2.18. The van der Waals surface area contributed by atoms with Crippen LogP contribution in [0.25, 0.3) is 10.8 Å². The first-order valence-corrected chi connectivity index (χ1v) is 6.91. The van der Waals surface area contributed by atoms with Gasteiger partial charge in [0.05, 0.1) is 6.26 Å². The number of benzene rings is 1. The highest BCUT2D eigenvalue weighted by Gasteiger charge is 2.13. The van der Waals surface area contributed by atoms with Crippen molar-refractivity contribution in [3.8, 4) is 0 Å². The van der Waals surface area contributed by atoms with Gasteiger partial charge in [0.2, 0.25) is 0 Å². The average Bonchev–Trinajstić information content (AvgIpc) is 3.01. The third-order valence-electron chi connectivity index (χ3n) is 3.70. The molecule has 20 heavy (non-hydrogen) atoms. The fourth-order valence-corrected chi connectivity index (χ4v) is 2.65. The third kappa shape index (κ3) is 2.58. The van der Waals surface area contributed by atoms with Crippen molar-refractivity contribution in [2.24, 2.45) is 0 Å². The van der Waals surface area contributed by atoms with Gasteiger partial charge in [-0.05, 0) is 42.6 Å². The molecule has 3 rings (SSSR count). The maximum atomic E-state index is 5.41. The maximum absolute atomic E-state index is 5.41. The van der Waals surface area contributed by atoms with Crippen LogP contribution in [0.1, 0.15) is 23.8 Å². The van der Waals surface area contributed by atoms with Gasteiger partial charge in [-0.1, -0.05) is 18.2 Å². The smallest absolute Gasteiger partial charge is 0.103 e. The molecular formula is C17H18N2O. The molecule has 2 heterocycles. The monoisotopic (exact) mass is 266 g/mol. The lowest BCUT2D eigenvalue weighted by atomic mass is 9.96. The topological polar surface area (TPSA) is 38.1 Å². The summed E-state index contributed by atoms with van der Waals surface area (Å²) in [6.45, 7) is 0. The zero-order chi connectivity index (χ0) is 13.8. The van der Waals surface area contributed by atoms with Crippen LogP contribution in [0.2, 0.25) is 0 Å². The van der Waals surface area contributed by atoms with Crippen LogP contribution in [0.4, 0.5) is 0 Å². The minimum Gasteiger partial charge on any atom is -0.469 e. The zero-order valence-corrected chi connectivity index (χ0v) is 11.5. The summed E-state index contributed by atoms with van der Waals surface area (Å²) in [5, 5.41) is 5.86. The summed E-state index contributed by atoms with van der Waals surface area (Å²) in [7, 11) is 2.01. The minimum atomic E-state index is 0.311. The molecule has 0 fully saturated rings. The van der Waals surface area contributed by atoms with E-state index >= 15 is 0 Å². The number of pyridine rings is 1. The zero-order valence-electron chi connectivity index (χ0n) is 11.5. The van der Waals surface area contributed by atoms with Crippen LogP contribution in [0, 0.1) is 0 Å². The van der Waals surface area contributed by atoms with Gasteiger partial charge < -0.3 is 9.73 Å². The van der Waals surface area contributed by atoms with Gasteiger partial charge in [-0.25, -0.2) is 0 Å². The Kier molecular flexibility index (Phi) is 3.79. The first kappa shape index (κ1) is 12.9. The Morgan fingerprint density at radius 1 is 1.20 bits per heavy atom. The van der Waals surface area contributed by atoms with E-state index in [9.17, 15) is 0 Å². The first-order chi connectivity index (χ1) is 9.88. The number of aryl methyl sites for hydroxylation is 1. The summed E-state index contributed by atoms with van der Waals surface area (Å²) in [6, 6.07) is 12.7. The van der Waals surface area contributed by atoms with E-state index in [-0.39, 0.29) is 0 Å². The van der Waals surface area contributed by atoms with E-state index in [4.69, 9.17) is 4.42 Å². The summed E-state index contributed by atoms with van der Waals surface area (Å²) < 4.78 is 5.41. The van der Waals surface area contributed by atoms with Gasteiger partial charge in [0, 0.05) is 30.2 Å². The number of hydrogen-bond acceptors (Lipinski definition) is 3.